The highest BCUT2D eigenvalue weighted by molar-refractivity contribution is 5.95. The van der Waals surface area contributed by atoms with Crippen molar-refractivity contribution in [2.75, 3.05) is 20.2 Å². The van der Waals surface area contributed by atoms with E-state index in [1.165, 1.54) is 0 Å². The molecule has 132 valence electrons. The third-order valence-corrected chi connectivity index (χ3v) is 4.65. The minimum absolute atomic E-state index is 0.0503. The van der Waals surface area contributed by atoms with Crippen molar-refractivity contribution in [3.8, 4) is 0 Å². The van der Waals surface area contributed by atoms with Crippen LogP contribution in [0.1, 0.15) is 51.9 Å². The molecule has 6 nitrogen and oxygen atoms in total. The lowest BCUT2D eigenvalue weighted by Gasteiger charge is -2.33. The van der Waals surface area contributed by atoms with Crippen LogP contribution in [-0.2, 0) is 11.3 Å². The lowest BCUT2D eigenvalue weighted by molar-refractivity contribution is 0.0703. The molecule has 0 saturated carbocycles. The number of rotatable bonds is 4. The zero-order valence-corrected chi connectivity index (χ0v) is 15.0. The molecule has 1 atom stereocenters. The zero-order chi connectivity index (χ0) is 17.8. The first kappa shape index (κ1) is 17.5. The number of amides is 1. The van der Waals surface area contributed by atoms with Gasteiger partial charge in [-0.2, -0.15) is 0 Å². The minimum Gasteiger partial charge on any atom is -0.380 e. The van der Waals surface area contributed by atoms with E-state index in [2.05, 4.69) is 15.0 Å². The van der Waals surface area contributed by atoms with Crippen LogP contribution in [0.15, 0.2) is 24.5 Å². The Hall–Kier alpha value is -2.34. The van der Waals surface area contributed by atoms with Crippen molar-refractivity contribution in [3.63, 3.8) is 0 Å². The fourth-order valence-corrected chi connectivity index (χ4v) is 3.40. The normalized spacial score (nSPS) is 17.6. The molecule has 0 radical (unpaired) electrons. The number of aromatic nitrogens is 3. The van der Waals surface area contributed by atoms with Crippen molar-refractivity contribution in [3.05, 3.63) is 52.9 Å². The van der Waals surface area contributed by atoms with Gasteiger partial charge in [0.25, 0.3) is 5.91 Å². The second-order valence-corrected chi connectivity index (χ2v) is 6.49. The van der Waals surface area contributed by atoms with Crippen LogP contribution in [0.2, 0.25) is 0 Å². The highest BCUT2D eigenvalue weighted by atomic mass is 16.5. The van der Waals surface area contributed by atoms with Gasteiger partial charge in [-0.15, -0.1) is 0 Å². The molecule has 0 aliphatic carbocycles. The van der Waals surface area contributed by atoms with Crippen LogP contribution in [0, 0.1) is 13.8 Å². The zero-order valence-electron chi connectivity index (χ0n) is 15.0. The van der Waals surface area contributed by atoms with E-state index in [4.69, 9.17) is 4.74 Å². The molecule has 3 heterocycles. The quantitative estimate of drug-likeness (QED) is 0.856. The van der Waals surface area contributed by atoms with Gasteiger partial charge in [0.15, 0.2) is 0 Å². The van der Waals surface area contributed by atoms with Gasteiger partial charge in [-0.25, -0.2) is 9.97 Å². The van der Waals surface area contributed by atoms with Crippen LogP contribution < -0.4 is 0 Å². The lowest BCUT2D eigenvalue weighted by Crippen LogP contribution is -2.40. The van der Waals surface area contributed by atoms with E-state index in [0.717, 1.165) is 42.2 Å². The van der Waals surface area contributed by atoms with E-state index < -0.39 is 0 Å². The third kappa shape index (κ3) is 3.85. The summed E-state index contributed by atoms with van der Waals surface area (Å²) in [4.78, 5) is 28.0. The summed E-state index contributed by atoms with van der Waals surface area (Å²) >= 11 is 0. The van der Waals surface area contributed by atoms with Gasteiger partial charge in [0.1, 0.15) is 5.82 Å². The molecule has 1 fully saturated rings. The van der Waals surface area contributed by atoms with E-state index >= 15 is 0 Å². The van der Waals surface area contributed by atoms with Crippen molar-refractivity contribution >= 4 is 5.91 Å². The van der Waals surface area contributed by atoms with Crippen LogP contribution in [0.4, 0.5) is 0 Å². The first-order valence-electron chi connectivity index (χ1n) is 8.62. The van der Waals surface area contributed by atoms with Gasteiger partial charge < -0.3 is 9.64 Å². The standard InChI is InChI=1S/C19H24N4O2/c1-13-17(7-4-8-20-13)19(24)23-9-5-6-15(11-23)18-16(12-25-3)10-21-14(2)22-18/h4,7-8,10,15H,5-6,9,11-12H2,1-3H3. The van der Waals surface area contributed by atoms with Crippen LogP contribution in [0.25, 0.3) is 0 Å². The predicted molar refractivity (Wildman–Crippen MR) is 94.3 cm³/mol. The molecule has 1 saturated heterocycles. The molecule has 0 bridgehead atoms. The van der Waals surface area contributed by atoms with Crippen molar-refractivity contribution in [2.24, 2.45) is 0 Å². The Bertz CT molecular complexity index is 763. The number of hydrogen-bond acceptors (Lipinski definition) is 5. The molecule has 0 aromatic carbocycles. The maximum Gasteiger partial charge on any atom is 0.255 e. The number of methoxy groups -OCH3 is 1. The summed E-state index contributed by atoms with van der Waals surface area (Å²) in [5, 5.41) is 0. The molecule has 25 heavy (non-hydrogen) atoms. The van der Waals surface area contributed by atoms with Crippen molar-refractivity contribution < 1.29 is 9.53 Å². The van der Waals surface area contributed by atoms with E-state index in [1.807, 2.05) is 37.1 Å². The number of hydrogen-bond donors (Lipinski definition) is 0. The molecule has 1 aliphatic rings. The number of ether oxygens (including phenoxy) is 1. The van der Waals surface area contributed by atoms with Crippen LogP contribution in [0.3, 0.4) is 0 Å². The van der Waals surface area contributed by atoms with E-state index in [0.29, 0.717) is 18.7 Å². The SMILES string of the molecule is COCc1cnc(C)nc1C1CCCN(C(=O)c2cccnc2C)C1. The van der Waals surface area contributed by atoms with E-state index in [1.54, 1.807) is 13.3 Å². The second-order valence-electron chi connectivity index (χ2n) is 6.49. The monoisotopic (exact) mass is 340 g/mol. The summed E-state index contributed by atoms with van der Waals surface area (Å²) < 4.78 is 5.29. The van der Waals surface area contributed by atoms with Gasteiger partial charge in [-0.1, -0.05) is 0 Å². The molecule has 0 spiro atoms. The summed E-state index contributed by atoms with van der Waals surface area (Å²) in [7, 11) is 1.67. The Morgan fingerprint density at radius 3 is 2.96 bits per heavy atom. The molecule has 2 aromatic heterocycles. The van der Waals surface area contributed by atoms with Gasteiger partial charge >= 0.3 is 0 Å². The summed E-state index contributed by atoms with van der Waals surface area (Å²) in [6.45, 7) is 5.69. The molecule has 1 aliphatic heterocycles. The fraction of sp³-hybridized carbons (Fsp3) is 0.474. The van der Waals surface area contributed by atoms with Gasteiger partial charge in [0.2, 0.25) is 0 Å². The number of aryl methyl sites for hydroxylation is 2. The highest BCUT2D eigenvalue weighted by Gasteiger charge is 2.28. The summed E-state index contributed by atoms with van der Waals surface area (Å²) in [5.41, 5.74) is 3.46. The molecule has 1 amide bonds. The van der Waals surface area contributed by atoms with Gasteiger partial charge in [-0.05, 0) is 38.8 Å². The lowest BCUT2D eigenvalue weighted by atomic mass is 9.91. The maximum absolute atomic E-state index is 12.9. The largest absolute Gasteiger partial charge is 0.380 e. The van der Waals surface area contributed by atoms with Crippen molar-refractivity contribution in [1.29, 1.82) is 0 Å². The number of likely N-dealkylation sites (tertiary alicyclic amines) is 1. The fourth-order valence-electron chi connectivity index (χ4n) is 3.40. The predicted octanol–water partition coefficient (Wildman–Crippen LogP) is 2.65. The third-order valence-electron chi connectivity index (χ3n) is 4.65. The Labute approximate surface area is 148 Å². The molecular weight excluding hydrogens is 316 g/mol. The average Bonchev–Trinajstić information content (AvgIpc) is 2.63. The molecule has 2 aromatic rings. The Balaban J connectivity index is 1.83. The number of piperidine rings is 1. The Kier molecular flexibility index (Phi) is 5.38. The summed E-state index contributed by atoms with van der Waals surface area (Å²) in [6.07, 6.45) is 5.53. The van der Waals surface area contributed by atoms with Crippen LogP contribution in [0.5, 0.6) is 0 Å². The molecule has 3 rings (SSSR count). The van der Waals surface area contributed by atoms with Gasteiger partial charge in [-0.3, -0.25) is 9.78 Å². The van der Waals surface area contributed by atoms with Crippen molar-refractivity contribution in [2.45, 2.75) is 39.2 Å². The molecule has 6 heteroatoms. The summed E-state index contributed by atoms with van der Waals surface area (Å²) in [6, 6.07) is 3.66. The van der Waals surface area contributed by atoms with E-state index in [9.17, 15) is 4.79 Å². The van der Waals surface area contributed by atoms with E-state index in [-0.39, 0.29) is 11.8 Å². The number of nitrogens with zero attached hydrogens (tertiary/aromatic N) is 4. The van der Waals surface area contributed by atoms with Crippen LogP contribution in [-0.4, -0.2) is 46.0 Å². The minimum atomic E-state index is 0.0503. The maximum atomic E-state index is 12.9. The van der Waals surface area contributed by atoms with Crippen LogP contribution >= 0.6 is 0 Å². The average molecular weight is 340 g/mol. The Morgan fingerprint density at radius 1 is 1.36 bits per heavy atom. The molecular formula is C19H24N4O2. The smallest absolute Gasteiger partial charge is 0.255 e. The van der Waals surface area contributed by atoms with Gasteiger partial charge in [0, 0.05) is 49.8 Å². The summed E-state index contributed by atoms with van der Waals surface area (Å²) in [5.74, 6) is 1.01. The number of carbonyl (C=O) groups is 1. The number of pyridine rings is 1. The molecule has 0 N–H and O–H groups in total. The Morgan fingerprint density at radius 2 is 2.20 bits per heavy atom. The van der Waals surface area contributed by atoms with Gasteiger partial charge in [0.05, 0.1) is 17.9 Å². The second kappa shape index (κ2) is 7.70. The number of carbonyl (C=O) groups excluding carboxylic acids is 1. The highest BCUT2D eigenvalue weighted by Crippen LogP contribution is 2.29. The van der Waals surface area contributed by atoms with Crippen molar-refractivity contribution in [1.82, 2.24) is 19.9 Å². The molecule has 1 unspecified atom stereocenters. The topological polar surface area (TPSA) is 68.2 Å². The first-order chi connectivity index (χ1) is 12.1. The first-order valence-corrected chi connectivity index (χ1v) is 8.62.